The van der Waals surface area contributed by atoms with E-state index in [0.717, 1.165) is 47.5 Å². The van der Waals surface area contributed by atoms with E-state index in [9.17, 15) is 0 Å². The van der Waals surface area contributed by atoms with Gasteiger partial charge in [-0.1, -0.05) is 29.8 Å². The van der Waals surface area contributed by atoms with Crippen LogP contribution in [0.5, 0.6) is 0 Å². The standard InChI is InChI=1S/C19H19ClN4O/c20-15-6-4-14(5-7-15)17-11-22-19(23-17)18-13-25-10-9-24(18)12-16-3-1-2-8-21-16/h1-8,11,18H,9-10,12-13H2,(H,22,23). The highest BCUT2D eigenvalue weighted by Gasteiger charge is 2.27. The number of ether oxygens (including phenoxy) is 1. The van der Waals surface area contributed by atoms with Crippen LogP contribution < -0.4 is 0 Å². The van der Waals surface area contributed by atoms with Crippen LogP contribution >= 0.6 is 11.6 Å². The summed E-state index contributed by atoms with van der Waals surface area (Å²) in [4.78, 5) is 14.8. The zero-order valence-corrected chi connectivity index (χ0v) is 14.5. The quantitative estimate of drug-likeness (QED) is 0.776. The van der Waals surface area contributed by atoms with Crippen LogP contribution in [0, 0.1) is 0 Å². The summed E-state index contributed by atoms with van der Waals surface area (Å²) < 4.78 is 5.70. The zero-order valence-electron chi connectivity index (χ0n) is 13.7. The van der Waals surface area contributed by atoms with E-state index in [-0.39, 0.29) is 6.04 Å². The molecule has 0 saturated carbocycles. The van der Waals surface area contributed by atoms with Crippen molar-refractivity contribution in [2.45, 2.75) is 12.6 Å². The Bertz CT molecular complexity index is 819. The van der Waals surface area contributed by atoms with Gasteiger partial charge in [-0.05, 0) is 29.8 Å². The van der Waals surface area contributed by atoms with Gasteiger partial charge in [-0.15, -0.1) is 0 Å². The summed E-state index contributed by atoms with van der Waals surface area (Å²) in [5.41, 5.74) is 3.10. The highest BCUT2D eigenvalue weighted by atomic mass is 35.5. The van der Waals surface area contributed by atoms with Gasteiger partial charge in [0, 0.05) is 24.3 Å². The number of halogens is 1. The Labute approximate surface area is 151 Å². The van der Waals surface area contributed by atoms with Crippen LogP contribution in [0.1, 0.15) is 17.6 Å². The number of nitrogens with one attached hydrogen (secondary N) is 1. The van der Waals surface area contributed by atoms with Crippen molar-refractivity contribution in [3.05, 3.63) is 71.4 Å². The maximum atomic E-state index is 5.97. The molecule has 1 atom stereocenters. The summed E-state index contributed by atoms with van der Waals surface area (Å²) >= 11 is 5.97. The minimum atomic E-state index is 0.0943. The van der Waals surface area contributed by atoms with Crippen LogP contribution in [0.2, 0.25) is 5.02 Å². The van der Waals surface area contributed by atoms with Gasteiger partial charge in [-0.3, -0.25) is 9.88 Å². The number of benzene rings is 1. The molecule has 1 fully saturated rings. The Morgan fingerprint density at radius 2 is 2.04 bits per heavy atom. The van der Waals surface area contributed by atoms with Crippen LogP contribution in [0.15, 0.2) is 54.9 Å². The monoisotopic (exact) mass is 354 g/mol. The number of hydrogen-bond acceptors (Lipinski definition) is 4. The first-order valence-corrected chi connectivity index (χ1v) is 8.70. The molecule has 2 aromatic heterocycles. The van der Waals surface area contributed by atoms with Gasteiger partial charge in [0.15, 0.2) is 0 Å². The zero-order chi connectivity index (χ0) is 17.1. The van der Waals surface area contributed by atoms with Crippen LogP contribution in [0.25, 0.3) is 11.3 Å². The van der Waals surface area contributed by atoms with Crippen molar-refractivity contribution in [1.82, 2.24) is 19.9 Å². The van der Waals surface area contributed by atoms with Crippen molar-refractivity contribution in [3.8, 4) is 11.3 Å². The number of H-pyrrole nitrogens is 1. The predicted molar refractivity (Wildman–Crippen MR) is 97.2 cm³/mol. The molecule has 25 heavy (non-hydrogen) atoms. The molecule has 0 spiro atoms. The molecule has 1 aliphatic rings. The van der Waals surface area contributed by atoms with E-state index < -0.39 is 0 Å². The van der Waals surface area contributed by atoms with Gasteiger partial charge < -0.3 is 9.72 Å². The Morgan fingerprint density at radius 3 is 2.84 bits per heavy atom. The van der Waals surface area contributed by atoms with Crippen molar-refractivity contribution in [1.29, 1.82) is 0 Å². The van der Waals surface area contributed by atoms with Crippen molar-refractivity contribution in [2.24, 2.45) is 0 Å². The second-order valence-corrected chi connectivity index (χ2v) is 6.51. The Kier molecular flexibility index (Phi) is 4.78. The van der Waals surface area contributed by atoms with E-state index in [0.29, 0.717) is 6.61 Å². The van der Waals surface area contributed by atoms with Gasteiger partial charge in [-0.25, -0.2) is 4.98 Å². The lowest BCUT2D eigenvalue weighted by Crippen LogP contribution is -2.39. The van der Waals surface area contributed by atoms with Gasteiger partial charge in [0.2, 0.25) is 0 Å². The van der Waals surface area contributed by atoms with E-state index in [2.05, 4.69) is 19.9 Å². The largest absolute Gasteiger partial charge is 0.378 e. The summed E-state index contributed by atoms with van der Waals surface area (Å²) in [6.07, 6.45) is 3.70. The fourth-order valence-electron chi connectivity index (χ4n) is 3.06. The van der Waals surface area contributed by atoms with E-state index in [1.165, 1.54) is 0 Å². The van der Waals surface area contributed by atoms with Gasteiger partial charge in [0.25, 0.3) is 0 Å². The molecule has 3 aromatic rings. The number of imidazole rings is 1. The molecule has 0 radical (unpaired) electrons. The average molecular weight is 355 g/mol. The number of hydrogen-bond donors (Lipinski definition) is 1. The van der Waals surface area contributed by atoms with Crippen LogP contribution in [0.4, 0.5) is 0 Å². The predicted octanol–water partition coefficient (Wildman–Crippen LogP) is 3.70. The van der Waals surface area contributed by atoms with Crippen LogP contribution in [-0.4, -0.2) is 39.6 Å². The summed E-state index contributed by atoms with van der Waals surface area (Å²) in [5, 5.41) is 0.728. The third-order valence-electron chi connectivity index (χ3n) is 4.40. The molecule has 1 saturated heterocycles. The SMILES string of the molecule is Clc1ccc(-c2cnc(C3COCCN3Cc3ccccn3)[nH]2)cc1. The average Bonchev–Trinajstić information content (AvgIpc) is 3.14. The number of aromatic nitrogens is 3. The molecular weight excluding hydrogens is 336 g/mol. The Morgan fingerprint density at radius 1 is 1.16 bits per heavy atom. The van der Waals surface area contributed by atoms with E-state index >= 15 is 0 Å². The van der Waals surface area contributed by atoms with E-state index in [4.69, 9.17) is 16.3 Å². The highest BCUT2D eigenvalue weighted by Crippen LogP contribution is 2.26. The summed E-state index contributed by atoms with van der Waals surface area (Å²) in [7, 11) is 0. The van der Waals surface area contributed by atoms with Crippen molar-refractivity contribution < 1.29 is 4.74 Å². The lowest BCUT2D eigenvalue weighted by molar-refractivity contribution is -0.0161. The molecule has 0 bridgehead atoms. The van der Waals surface area contributed by atoms with Gasteiger partial charge in [0.05, 0.1) is 36.8 Å². The molecule has 4 rings (SSSR count). The molecule has 1 N–H and O–H groups in total. The third kappa shape index (κ3) is 3.74. The first-order valence-electron chi connectivity index (χ1n) is 8.32. The van der Waals surface area contributed by atoms with Crippen molar-refractivity contribution in [3.63, 3.8) is 0 Å². The lowest BCUT2D eigenvalue weighted by Gasteiger charge is -2.34. The number of rotatable bonds is 4. The van der Waals surface area contributed by atoms with E-state index in [1.807, 2.05) is 54.9 Å². The smallest absolute Gasteiger partial charge is 0.126 e. The summed E-state index contributed by atoms with van der Waals surface area (Å²) in [6, 6.07) is 13.8. The molecule has 6 heteroatoms. The molecule has 0 aliphatic carbocycles. The van der Waals surface area contributed by atoms with Crippen LogP contribution in [-0.2, 0) is 11.3 Å². The van der Waals surface area contributed by atoms with Gasteiger partial charge in [-0.2, -0.15) is 0 Å². The second kappa shape index (κ2) is 7.35. The molecule has 128 valence electrons. The molecule has 0 amide bonds. The topological polar surface area (TPSA) is 54.0 Å². The van der Waals surface area contributed by atoms with Gasteiger partial charge in [0.1, 0.15) is 5.82 Å². The number of nitrogens with zero attached hydrogens (tertiary/aromatic N) is 3. The Hall–Kier alpha value is -2.21. The summed E-state index contributed by atoms with van der Waals surface area (Å²) in [6.45, 7) is 3.00. The lowest BCUT2D eigenvalue weighted by atomic mass is 10.2. The molecule has 5 nitrogen and oxygen atoms in total. The fourth-order valence-corrected chi connectivity index (χ4v) is 3.19. The fraction of sp³-hybridized carbons (Fsp3) is 0.263. The maximum Gasteiger partial charge on any atom is 0.126 e. The maximum absolute atomic E-state index is 5.97. The molecule has 1 aromatic carbocycles. The summed E-state index contributed by atoms with van der Waals surface area (Å²) in [5.74, 6) is 0.917. The highest BCUT2D eigenvalue weighted by molar-refractivity contribution is 6.30. The minimum Gasteiger partial charge on any atom is -0.378 e. The molecule has 1 aliphatic heterocycles. The number of pyridine rings is 1. The van der Waals surface area contributed by atoms with Crippen molar-refractivity contribution >= 4 is 11.6 Å². The number of morpholine rings is 1. The molecule has 1 unspecified atom stereocenters. The number of aromatic amines is 1. The first kappa shape index (κ1) is 16.3. The molecular formula is C19H19ClN4O. The van der Waals surface area contributed by atoms with E-state index in [1.54, 1.807) is 0 Å². The minimum absolute atomic E-state index is 0.0943. The Balaban J connectivity index is 1.55. The second-order valence-electron chi connectivity index (χ2n) is 6.07. The van der Waals surface area contributed by atoms with Crippen molar-refractivity contribution in [2.75, 3.05) is 19.8 Å². The third-order valence-corrected chi connectivity index (χ3v) is 4.65. The van der Waals surface area contributed by atoms with Crippen LogP contribution in [0.3, 0.4) is 0 Å². The molecule has 3 heterocycles. The normalized spacial score (nSPS) is 18.4. The first-order chi connectivity index (χ1) is 12.3. The van der Waals surface area contributed by atoms with Gasteiger partial charge >= 0.3 is 0 Å².